The van der Waals surface area contributed by atoms with Gasteiger partial charge in [-0.3, -0.25) is 9.59 Å². The molecule has 0 aromatic rings. The van der Waals surface area contributed by atoms with E-state index in [-0.39, 0.29) is 31.2 Å². The second kappa shape index (κ2) is 9.00. The molecule has 110 valence electrons. The predicted molar refractivity (Wildman–Crippen MR) is 80.7 cm³/mol. The molecule has 2 N–H and O–H groups in total. The van der Waals surface area contributed by atoms with Crippen molar-refractivity contribution in [2.24, 2.45) is 23.7 Å². The molecule has 19 heavy (non-hydrogen) atoms. The van der Waals surface area contributed by atoms with Gasteiger partial charge in [0, 0.05) is 11.8 Å². The van der Waals surface area contributed by atoms with E-state index >= 15 is 0 Å². The molecule has 0 spiro atoms. The van der Waals surface area contributed by atoms with Crippen molar-refractivity contribution in [3.63, 3.8) is 0 Å². The highest BCUT2D eigenvalue weighted by molar-refractivity contribution is 6.38. The van der Waals surface area contributed by atoms with Crippen LogP contribution < -0.4 is 10.5 Å². The molecule has 4 unspecified atom stereocenters. The van der Waals surface area contributed by atoms with Crippen molar-refractivity contribution >= 4 is 19.4 Å². The van der Waals surface area contributed by atoms with E-state index < -0.39 is 0 Å². The highest BCUT2D eigenvalue weighted by Crippen LogP contribution is 2.15. The monoisotopic (exact) mass is 268 g/mol. The zero-order valence-corrected chi connectivity index (χ0v) is 13.2. The number of hydrogen-bond acceptors (Lipinski definition) is 2. The third-order valence-corrected chi connectivity index (χ3v) is 4.35. The van der Waals surface area contributed by atoms with Crippen LogP contribution >= 0.6 is 0 Å². The first-order valence-corrected chi connectivity index (χ1v) is 7.40. The molecule has 4 nitrogen and oxygen atoms in total. The van der Waals surface area contributed by atoms with Gasteiger partial charge in [0.2, 0.25) is 11.8 Å². The van der Waals surface area contributed by atoms with Gasteiger partial charge >= 0.3 is 7.55 Å². The first-order chi connectivity index (χ1) is 8.84. The second-order valence-electron chi connectivity index (χ2n) is 5.61. The van der Waals surface area contributed by atoms with Gasteiger partial charge in [-0.25, -0.2) is 0 Å². The molecule has 0 bridgehead atoms. The maximum atomic E-state index is 11.8. The van der Waals surface area contributed by atoms with Gasteiger partial charge in [0.15, 0.2) is 0 Å². The molecule has 0 saturated carbocycles. The molecule has 4 atom stereocenters. The molecule has 0 aromatic heterocycles. The van der Waals surface area contributed by atoms with Crippen LogP contribution in [0.25, 0.3) is 0 Å². The fraction of sp³-hybridized carbons (Fsp3) is 0.857. The molecule has 0 rings (SSSR count). The van der Waals surface area contributed by atoms with E-state index in [2.05, 4.69) is 38.2 Å². The minimum Gasteiger partial charge on any atom is -0.383 e. The van der Waals surface area contributed by atoms with E-state index in [0.717, 1.165) is 12.8 Å². The van der Waals surface area contributed by atoms with Crippen LogP contribution in [0.4, 0.5) is 0 Å². The summed E-state index contributed by atoms with van der Waals surface area (Å²) in [5, 5.41) is 5.54. The van der Waals surface area contributed by atoms with Crippen molar-refractivity contribution < 1.29 is 9.59 Å². The summed E-state index contributed by atoms with van der Waals surface area (Å²) >= 11 is 0. The summed E-state index contributed by atoms with van der Waals surface area (Å²) in [7, 11) is 0.221. The molecular weight excluding hydrogens is 239 g/mol. The minimum absolute atomic E-state index is 0.00541. The van der Waals surface area contributed by atoms with E-state index in [1.807, 2.05) is 13.8 Å². The standard InChI is InChI=1S/C14H29BN2O2/c1-7-9(3)11(5)13(18)16-15-17-14(19)12(6)10(4)8-2/h9-12,15H,7-8H2,1-6H3,(H,16,18)(H,17,19). The number of amides is 2. The van der Waals surface area contributed by atoms with Gasteiger partial charge in [-0.15, -0.1) is 0 Å². The van der Waals surface area contributed by atoms with Crippen LogP contribution in [0, 0.1) is 23.7 Å². The lowest BCUT2D eigenvalue weighted by Gasteiger charge is -2.19. The van der Waals surface area contributed by atoms with Gasteiger partial charge in [-0.2, -0.15) is 0 Å². The molecule has 0 radical (unpaired) electrons. The Labute approximate surface area is 118 Å². The molecule has 0 aromatic carbocycles. The van der Waals surface area contributed by atoms with Crippen LogP contribution in [0.15, 0.2) is 0 Å². The third-order valence-electron chi connectivity index (χ3n) is 4.35. The van der Waals surface area contributed by atoms with Gasteiger partial charge in [0.1, 0.15) is 0 Å². The predicted octanol–water partition coefficient (Wildman–Crippen LogP) is 1.85. The lowest BCUT2D eigenvalue weighted by Crippen LogP contribution is -2.46. The largest absolute Gasteiger partial charge is 0.383 e. The molecule has 0 aliphatic carbocycles. The lowest BCUT2D eigenvalue weighted by atomic mass is 9.90. The number of carbonyl (C=O) groups excluding carboxylic acids is 2. The average Bonchev–Trinajstić information content (AvgIpc) is 2.43. The number of hydrogen-bond donors (Lipinski definition) is 2. The van der Waals surface area contributed by atoms with Crippen molar-refractivity contribution in [3.05, 3.63) is 0 Å². The Hall–Kier alpha value is -0.995. The van der Waals surface area contributed by atoms with Crippen LogP contribution in [0.3, 0.4) is 0 Å². The summed E-state index contributed by atoms with van der Waals surface area (Å²) in [5.74, 6) is 0.684. The first-order valence-electron chi connectivity index (χ1n) is 7.40. The van der Waals surface area contributed by atoms with E-state index in [4.69, 9.17) is 0 Å². The number of carbonyl (C=O) groups is 2. The zero-order valence-electron chi connectivity index (χ0n) is 13.2. The van der Waals surface area contributed by atoms with Crippen LogP contribution in [-0.2, 0) is 9.59 Å². The van der Waals surface area contributed by atoms with E-state index in [1.54, 1.807) is 0 Å². The Morgan fingerprint density at radius 2 is 1.16 bits per heavy atom. The van der Waals surface area contributed by atoms with Crippen LogP contribution in [0.2, 0.25) is 0 Å². The molecule has 2 amide bonds. The van der Waals surface area contributed by atoms with E-state index in [1.165, 1.54) is 0 Å². The third kappa shape index (κ3) is 6.12. The lowest BCUT2D eigenvalue weighted by molar-refractivity contribution is -0.124. The SMILES string of the molecule is CCC(C)C(C)C(=O)NBNC(=O)C(C)C(C)CC. The maximum absolute atomic E-state index is 11.8. The fourth-order valence-corrected chi connectivity index (χ4v) is 1.76. The summed E-state index contributed by atoms with van der Waals surface area (Å²) in [6.45, 7) is 12.1. The summed E-state index contributed by atoms with van der Waals surface area (Å²) in [6, 6.07) is 0. The Morgan fingerprint density at radius 1 is 0.842 bits per heavy atom. The first kappa shape index (κ1) is 18.0. The quantitative estimate of drug-likeness (QED) is 0.660. The van der Waals surface area contributed by atoms with E-state index in [9.17, 15) is 9.59 Å². The van der Waals surface area contributed by atoms with Gasteiger partial charge in [0.05, 0.1) is 0 Å². The fourth-order valence-electron chi connectivity index (χ4n) is 1.76. The number of rotatable bonds is 8. The average molecular weight is 268 g/mol. The molecule has 0 aliphatic rings. The Bertz CT molecular complexity index is 269. The van der Waals surface area contributed by atoms with Crippen molar-refractivity contribution in [2.45, 2.75) is 54.4 Å². The Kier molecular flexibility index (Phi) is 8.52. The highest BCUT2D eigenvalue weighted by atomic mass is 16.2. The molecule has 0 aliphatic heterocycles. The second-order valence-corrected chi connectivity index (χ2v) is 5.61. The minimum atomic E-state index is -0.0195. The maximum Gasteiger partial charge on any atom is 0.355 e. The summed E-state index contributed by atoms with van der Waals surface area (Å²) in [6.07, 6.45) is 1.96. The van der Waals surface area contributed by atoms with Crippen molar-refractivity contribution in [1.82, 2.24) is 10.5 Å². The van der Waals surface area contributed by atoms with Gasteiger partial charge in [0.25, 0.3) is 0 Å². The summed E-state index contributed by atoms with van der Waals surface area (Å²) in [4.78, 5) is 23.6. The van der Waals surface area contributed by atoms with Crippen LogP contribution in [0.5, 0.6) is 0 Å². The van der Waals surface area contributed by atoms with Crippen molar-refractivity contribution in [3.8, 4) is 0 Å². The summed E-state index contributed by atoms with van der Waals surface area (Å²) < 4.78 is 0. The van der Waals surface area contributed by atoms with Gasteiger partial charge in [-0.1, -0.05) is 54.4 Å². The number of nitrogens with one attached hydrogen (secondary N) is 2. The molecule has 0 saturated heterocycles. The Balaban J connectivity index is 4.03. The van der Waals surface area contributed by atoms with Gasteiger partial charge in [-0.05, 0) is 11.8 Å². The normalized spacial score (nSPS) is 16.9. The smallest absolute Gasteiger partial charge is 0.355 e. The summed E-state index contributed by atoms with van der Waals surface area (Å²) in [5.41, 5.74) is 0. The van der Waals surface area contributed by atoms with Crippen LogP contribution in [0.1, 0.15) is 54.4 Å². The van der Waals surface area contributed by atoms with Crippen molar-refractivity contribution in [1.29, 1.82) is 0 Å². The molecular formula is C14H29BN2O2. The zero-order chi connectivity index (χ0) is 15.0. The highest BCUT2D eigenvalue weighted by Gasteiger charge is 2.21. The topological polar surface area (TPSA) is 58.2 Å². The molecule has 5 heteroatoms. The molecule has 0 fully saturated rings. The van der Waals surface area contributed by atoms with E-state index in [0.29, 0.717) is 11.8 Å². The molecule has 0 heterocycles. The van der Waals surface area contributed by atoms with Crippen LogP contribution in [-0.4, -0.2) is 19.4 Å². The van der Waals surface area contributed by atoms with Crippen molar-refractivity contribution in [2.75, 3.05) is 0 Å². The Morgan fingerprint density at radius 3 is 1.42 bits per heavy atom. The van der Waals surface area contributed by atoms with Gasteiger partial charge < -0.3 is 10.5 Å².